The van der Waals surface area contributed by atoms with Gasteiger partial charge in [0.1, 0.15) is 5.75 Å². The van der Waals surface area contributed by atoms with E-state index >= 15 is 0 Å². The quantitative estimate of drug-likeness (QED) is 0.622. The molecule has 2 aromatic rings. The smallest absolute Gasteiger partial charge is 0.243 e. The summed E-state index contributed by atoms with van der Waals surface area (Å²) in [4.78, 5) is 19.6. The average Bonchev–Trinajstić information content (AvgIpc) is 3.10. The average molecular weight is 487 g/mol. The lowest BCUT2D eigenvalue weighted by Crippen LogP contribution is -2.51. The number of nitrogens with zero attached hydrogens (tertiary/aromatic N) is 4. The highest BCUT2D eigenvalue weighted by Gasteiger charge is 2.28. The van der Waals surface area contributed by atoms with E-state index < -0.39 is 10.0 Å². The number of benzene rings is 2. The second kappa shape index (κ2) is 10.8. The van der Waals surface area contributed by atoms with Gasteiger partial charge in [-0.1, -0.05) is 17.7 Å². The van der Waals surface area contributed by atoms with Crippen LogP contribution in [0.2, 0.25) is 0 Å². The van der Waals surface area contributed by atoms with Gasteiger partial charge in [0.15, 0.2) is 0 Å². The summed E-state index contributed by atoms with van der Waals surface area (Å²) in [5, 5.41) is 0. The SMILES string of the molecule is COc1ccc(N2CCN(C(=O)CN3CCCN(S(=O)(=O)c4ccc(C)cc4)CC3)CC2)cc1. The number of sulfonamides is 1. The van der Waals surface area contributed by atoms with Crippen molar-refractivity contribution in [1.29, 1.82) is 0 Å². The molecule has 0 bridgehead atoms. The van der Waals surface area contributed by atoms with Crippen LogP contribution in [0.3, 0.4) is 0 Å². The fourth-order valence-electron chi connectivity index (χ4n) is 4.50. The molecule has 0 aliphatic carbocycles. The van der Waals surface area contributed by atoms with E-state index in [2.05, 4.69) is 9.80 Å². The van der Waals surface area contributed by atoms with Crippen molar-refractivity contribution in [3.8, 4) is 5.75 Å². The lowest BCUT2D eigenvalue weighted by molar-refractivity contribution is -0.132. The molecule has 1 amide bonds. The summed E-state index contributed by atoms with van der Waals surface area (Å²) in [6, 6.07) is 15.0. The number of amides is 1. The molecule has 184 valence electrons. The number of hydrogen-bond donors (Lipinski definition) is 0. The Morgan fingerprint density at radius 3 is 2.18 bits per heavy atom. The molecule has 2 saturated heterocycles. The molecule has 2 fully saturated rings. The van der Waals surface area contributed by atoms with E-state index in [4.69, 9.17) is 4.74 Å². The van der Waals surface area contributed by atoms with Crippen LogP contribution in [0.4, 0.5) is 5.69 Å². The van der Waals surface area contributed by atoms with Crippen molar-refractivity contribution in [2.24, 2.45) is 0 Å². The van der Waals surface area contributed by atoms with Gasteiger partial charge in [0, 0.05) is 51.5 Å². The first-order chi connectivity index (χ1) is 16.4. The standard InChI is InChI=1S/C25H34N4O4S/c1-21-4-10-24(11-5-21)34(31,32)29-13-3-12-26(14-19-29)20-25(30)28-17-15-27(16-18-28)22-6-8-23(33-2)9-7-22/h4-11H,3,12-20H2,1-2H3. The molecule has 0 radical (unpaired) electrons. The zero-order chi connectivity index (χ0) is 24.1. The second-order valence-electron chi connectivity index (χ2n) is 8.91. The highest BCUT2D eigenvalue weighted by atomic mass is 32.2. The topological polar surface area (TPSA) is 73.4 Å². The third kappa shape index (κ3) is 5.71. The Kier molecular flexibility index (Phi) is 7.75. The number of carbonyl (C=O) groups is 1. The molecule has 2 heterocycles. The minimum absolute atomic E-state index is 0.115. The maximum Gasteiger partial charge on any atom is 0.243 e. The predicted molar refractivity (Wildman–Crippen MR) is 133 cm³/mol. The number of hydrogen-bond acceptors (Lipinski definition) is 6. The Labute approximate surface area is 202 Å². The second-order valence-corrected chi connectivity index (χ2v) is 10.9. The number of rotatable bonds is 6. The molecule has 0 spiro atoms. The van der Waals surface area contributed by atoms with Gasteiger partial charge < -0.3 is 14.5 Å². The van der Waals surface area contributed by atoms with Crippen LogP contribution in [0.25, 0.3) is 0 Å². The Morgan fingerprint density at radius 2 is 1.53 bits per heavy atom. The van der Waals surface area contributed by atoms with Gasteiger partial charge in [0.2, 0.25) is 15.9 Å². The molecule has 0 saturated carbocycles. The zero-order valence-electron chi connectivity index (χ0n) is 20.0. The normalized spacial score (nSPS) is 18.5. The summed E-state index contributed by atoms with van der Waals surface area (Å²) in [5.74, 6) is 0.949. The first kappa shape index (κ1) is 24.5. The number of anilines is 1. The lowest BCUT2D eigenvalue weighted by Gasteiger charge is -2.37. The van der Waals surface area contributed by atoms with Gasteiger partial charge in [-0.25, -0.2) is 8.42 Å². The summed E-state index contributed by atoms with van der Waals surface area (Å²) in [7, 11) is -1.86. The van der Waals surface area contributed by atoms with E-state index in [0.717, 1.165) is 36.6 Å². The van der Waals surface area contributed by atoms with Crippen molar-refractivity contribution in [3.05, 3.63) is 54.1 Å². The van der Waals surface area contributed by atoms with Crippen LogP contribution in [0.5, 0.6) is 5.75 Å². The van der Waals surface area contributed by atoms with Gasteiger partial charge in [0.25, 0.3) is 0 Å². The molecule has 0 aromatic heterocycles. The molecule has 2 aliphatic heterocycles. The molecule has 0 N–H and O–H groups in total. The molecule has 9 heteroatoms. The third-order valence-electron chi connectivity index (χ3n) is 6.64. The van der Waals surface area contributed by atoms with Gasteiger partial charge in [0.05, 0.1) is 18.6 Å². The summed E-state index contributed by atoms with van der Waals surface area (Å²) in [6.07, 6.45) is 0.712. The summed E-state index contributed by atoms with van der Waals surface area (Å²) in [5.41, 5.74) is 2.17. The van der Waals surface area contributed by atoms with E-state index in [-0.39, 0.29) is 5.91 Å². The lowest BCUT2D eigenvalue weighted by atomic mass is 10.2. The van der Waals surface area contributed by atoms with Crippen molar-refractivity contribution in [3.63, 3.8) is 0 Å². The Morgan fingerprint density at radius 1 is 0.853 bits per heavy atom. The fraction of sp³-hybridized carbons (Fsp3) is 0.480. The van der Waals surface area contributed by atoms with Crippen LogP contribution in [0.1, 0.15) is 12.0 Å². The summed E-state index contributed by atoms with van der Waals surface area (Å²) in [6.45, 7) is 7.38. The maximum absolute atomic E-state index is 13.0. The molecule has 4 rings (SSSR count). The van der Waals surface area contributed by atoms with E-state index in [1.165, 1.54) is 0 Å². The van der Waals surface area contributed by atoms with Crippen LogP contribution in [-0.4, -0.2) is 94.4 Å². The Hall–Kier alpha value is -2.62. The largest absolute Gasteiger partial charge is 0.497 e. The predicted octanol–water partition coefficient (Wildman–Crippen LogP) is 2.05. The molecule has 34 heavy (non-hydrogen) atoms. The first-order valence-electron chi connectivity index (χ1n) is 11.8. The van der Waals surface area contributed by atoms with Crippen LogP contribution in [0, 0.1) is 6.92 Å². The highest BCUT2D eigenvalue weighted by Crippen LogP contribution is 2.21. The number of methoxy groups -OCH3 is 1. The molecule has 8 nitrogen and oxygen atoms in total. The minimum atomic E-state index is -3.51. The first-order valence-corrected chi connectivity index (χ1v) is 13.3. The maximum atomic E-state index is 13.0. The zero-order valence-corrected chi connectivity index (χ0v) is 20.8. The van der Waals surface area contributed by atoms with Crippen LogP contribution < -0.4 is 9.64 Å². The highest BCUT2D eigenvalue weighted by molar-refractivity contribution is 7.89. The van der Waals surface area contributed by atoms with E-state index in [0.29, 0.717) is 50.6 Å². The molecule has 2 aliphatic rings. The fourth-order valence-corrected chi connectivity index (χ4v) is 5.97. The summed E-state index contributed by atoms with van der Waals surface area (Å²) >= 11 is 0. The van der Waals surface area contributed by atoms with Gasteiger partial charge in [-0.05, 0) is 56.3 Å². The number of piperazine rings is 1. The Bertz CT molecular complexity index is 1070. The van der Waals surface area contributed by atoms with Crippen molar-refractivity contribution < 1.29 is 17.9 Å². The molecule has 2 aromatic carbocycles. The van der Waals surface area contributed by atoms with Crippen molar-refractivity contribution in [1.82, 2.24) is 14.1 Å². The van der Waals surface area contributed by atoms with Crippen molar-refractivity contribution in [2.75, 3.05) is 70.9 Å². The van der Waals surface area contributed by atoms with Crippen LogP contribution in [-0.2, 0) is 14.8 Å². The monoisotopic (exact) mass is 486 g/mol. The number of carbonyl (C=O) groups excluding carboxylic acids is 1. The van der Waals surface area contributed by atoms with Gasteiger partial charge in [-0.3, -0.25) is 9.69 Å². The molecule has 0 atom stereocenters. The van der Waals surface area contributed by atoms with E-state index in [1.54, 1.807) is 23.5 Å². The Balaban J connectivity index is 1.27. The van der Waals surface area contributed by atoms with Crippen LogP contribution in [0.15, 0.2) is 53.4 Å². The molecular weight excluding hydrogens is 452 g/mol. The van der Waals surface area contributed by atoms with Gasteiger partial charge in [-0.15, -0.1) is 0 Å². The van der Waals surface area contributed by atoms with E-state index in [9.17, 15) is 13.2 Å². The van der Waals surface area contributed by atoms with Gasteiger partial charge >= 0.3 is 0 Å². The molecular formula is C25H34N4O4S. The van der Waals surface area contributed by atoms with Crippen LogP contribution >= 0.6 is 0 Å². The van der Waals surface area contributed by atoms with Gasteiger partial charge in [-0.2, -0.15) is 4.31 Å². The minimum Gasteiger partial charge on any atom is -0.497 e. The van der Waals surface area contributed by atoms with Crippen molar-refractivity contribution >= 4 is 21.6 Å². The molecule has 0 unspecified atom stereocenters. The van der Waals surface area contributed by atoms with E-state index in [1.807, 2.05) is 48.2 Å². The third-order valence-corrected chi connectivity index (χ3v) is 8.55. The number of ether oxygens (including phenoxy) is 1. The summed E-state index contributed by atoms with van der Waals surface area (Å²) < 4.78 is 32.8. The number of aryl methyl sites for hydroxylation is 1. The van der Waals surface area contributed by atoms with Crippen molar-refractivity contribution in [2.45, 2.75) is 18.2 Å².